The van der Waals surface area contributed by atoms with Gasteiger partial charge < -0.3 is 9.64 Å². The van der Waals surface area contributed by atoms with Crippen molar-refractivity contribution in [3.8, 4) is 0 Å². The Morgan fingerprint density at radius 1 is 1.12 bits per heavy atom. The lowest BCUT2D eigenvalue weighted by Gasteiger charge is -2.28. The summed E-state index contributed by atoms with van der Waals surface area (Å²) in [6.07, 6.45) is 0. The van der Waals surface area contributed by atoms with Gasteiger partial charge in [0, 0.05) is 25.3 Å². The first-order valence-electron chi connectivity index (χ1n) is 8.13. The minimum absolute atomic E-state index is 0.0661. The fourth-order valence-corrected chi connectivity index (χ4v) is 3.79. The van der Waals surface area contributed by atoms with E-state index in [9.17, 15) is 12.8 Å². The van der Waals surface area contributed by atoms with Gasteiger partial charge in [0.25, 0.3) is 0 Å². The minimum Gasteiger partial charge on any atom is -0.378 e. The van der Waals surface area contributed by atoms with Gasteiger partial charge in [-0.2, -0.15) is 0 Å². The van der Waals surface area contributed by atoms with E-state index in [-0.39, 0.29) is 11.4 Å². The molecular formula is C18H21FN2O3S. The summed E-state index contributed by atoms with van der Waals surface area (Å²) in [4.78, 5) is 2.30. The Balaban J connectivity index is 1.65. The molecular weight excluding hydrogens is 343 g/mol. The van der Waals surface area contributed by atoms with Gasteiger partial charge in [0.15, 0.2) is 0 Å². The molecule has 0 bridgehead atoms. The molecule has 1 fully saturated rings. The van der Waals surface area contributed by atoms with Crippen LogP contribution in [0.25, 0.3) is 0 Å². The first-order chi connectivity index (χ1) is 12.0. The molecule has 2 aromatic carbocycles. The number of sulfonamides is 1. The van der Waals surface area contributed by atoms with Crippen molar-refractivity contribution in [2.24, 2.45) is 0 Å². The van der Waals surface area contributed by atoms with Crippen LogP contribution in [0.15, 0.2) is 47.4 Å². The molecule has 0 saturated carbocycles. The fraction of sp³-hybridized carbons (Fsp3) is 0.333. The fourth-order valence-electron chi connectivity index (χ4n) is 2.69. The van der Waals surface area contributed by atoms with E-state index in [1.165, 1.54) is 18.2 Å². The van der Waals surface area contributed by atoms with Gasteiger partial charge in [-0.3, -0.25) is 0 Å². The van der Waals surface area contributed by atoms with E-state index in [1.54, 1.807) is 6.92 Å². The van der Waals surface area contributed by atoms with Gasteiger partial charge in [-0.15, -0.1) is 0 Å². The van der Waals surface area contributed by atoms with Crippen LogP contribution >= 0.6 is 0 Å². The average molecular weight is 364 g/mol. The number of ether oxygens (including phenoxy) is 1. The molecule has 0 aliphatic carbocycles. The molecule has 0 amide bonds. The minimum atomic E-state index is -3.67. The van der Waals surface area contributed by atoms with E-state index < -0.39 is 15.8 Å². The third-order valence-electron chi connectivity index (χ3n) is 4.22. The second-order valence-electron chi connectivity index (χ2n) is 6.00. The molecule has 25 heavy (non-hydrogen) atoms. The first-order valence-corrected chi connectivity index (χ1v) is 9.61. The molecule has 1 saturated heterocycles. The number of rotatable bonds is 5. The van der Waals surface area contributed by atoms with Crippen molar-refractivity contribution in [1.82, 2.24) is 4.72 Å². The number of halogens is 1. The maximum atomic E-state index is 13.3. The summed E-state index contributed by atoms with van der Waals surface area (Å²) < 4.78 is 45.8. The normalized spacial score (nSPS) is 15.4. The summed E-state index contributed by atoms with van der Waals surface area (Å²) in [5.74, 6) is -0.419. The highest BCUT2D eigenvalue weighted by atomic mass is 32.2. The monoisotopic (exact) mass is 364 g/mol. The van der Waals surface area contributed by atoms with Gasteiger partial charge in [-0.25, -0.2) is 17.5 Å². The number of nitrogens with zero attached hydrogens (tertiary/aromatic N) is 1. The van der Waals surface area contributed by atoms with Gasteiger partial charge in [0.1, 0.15) is 5.82 Å². The molecule has 0 radical (unpaired) electrons. The molecule has 7 heteroatoms. The van der Waals surface area contributed by atoms with Crippen molar-refractivity contribution in [2.45, 2.75) is 18.4 Å². The summed E-state index contributed by atoms with van der Waals surface area (Å²) >= 11 is 0. The number of hydrogen-bond acceptors (Lipinski definition) is 4. The molecule has 3 rings (SSSR count). The summed E-state index contributed by atoms with van der Waals surface area (Å²) in [7, 11) is -3.67. The lowest BCUT2D eigenvalue weighted by Crippen LogP contribution is -2.36. The van der Waals surface area contributed by atoms with E-state index in [0.717, 1.165) is 37.6 Å². The van der Waals surface area contributed by atoms with Gasteiger partial charge in [0.05, 0.1) is 18.1 Å². The molecule has 1 N–H and O–H groups in total. The smallest absolute Gasteiger partial charge is 0.240 e. The Labute approximate surface area is 147 Å². The summed E-state index contributed by atoms with van der Waals surface area (Å²) in [5.41, 5.74) is 2.27. The van der Waals surface area contributed by atoms with Gasteiger partial charge in [-0.05, 0) is 48.4 Å². The standard InChI is InChI=1S/C18H21FN2O3S/c1-14-12-17(6-7-18(14)19)25(22,23)20-13-15-2-4-16(5-3-15)21-8-10-24-11-9-21/h2-7,12,20H,8-11,13H2,1H3. The summed E-state index contributed by atoms with van der Waals surface area (Å²) in [6, 6.07) is 11.5. The predicted molar refractivity (Wildman–Crippen MR) is 94.6 cm³/mol. The Morgan fingerprint density at radius 2 is 1.80 bits per heavy atom. The van der Waals surface area contributed by atoms with Crippen LogP contribution in [-0.2, 0) is 21.3 Å². The molecule has 0 unspecified atom stereocenters. The van der Waals surface area contributed by atoms with Crippen LogP contribution in [0.2, 0.25) is 0 Å². The Kier molecular flexibility index (Phi) is 5.36. The highest BCUT2D eigenvalue weighted by Gasteiger charge is 2.15. The van der Waals surface area contributed by atoms with Crippen LogP contribution in [0.4, 0.5) is 10.1 Å². The molecule has 5 nitrogen and oxygen atoms in total. The van der Waals surface area contributed by atoms with Gasteiger partial charge in [-0.1, -0.05) is 12.1 Å². The van der Waals surface area contributed by atoms with Crippen molar-refractivity contribution in [3.05, 3.63) is 59.4 Å². The second-order valence-corrected chi connectivity index (χ2v) is 7.77. The maximum absolute atomic E-state index is 13.3. The Bertz CT molecular complexity index is 832. The molecule has 0 atom stereocenters. The lowest BCUT2D eigenvalue weighted by atomic mass is 10.2. The number of benzene rings is 2. The highest BCUT2D eigenvalue weighted by molar-refractivity contribution is 7.89. The summed E-state index contributed by atoms with van der Waals surface area (Å²) in [5, 5.41) is 0. The lowest BCUT2D eigenvalue weighted by molar-refractivity contribution is 0.122. The SMILES string of the molecule is Cc1cc(S(=O)(=O)NCc2ccc(N3CCOCC3)cc2)ccc1F. The van der Waals surface area contributed by atoms with Gasteiger partial charge in [0.2, 0.25) is 10.0 Å². The highest BCUT2D eigenvalue weighted by Crippen LogP contribution is 2.18. The third kappa shape index (κ3) is 4.36. The van der Waals surface area contributed by atoms with E-state index in [2.05, 4.69) is 9.62 Å². The second kappa shape index (κ2) is 7.51. The topological polar surface area (TPSA) is 58.6 Å². The zero-order valence-corrected chi connectivity index (χ0v) is 14.9. The van der Waals surface area contributed by atoms with Crippen LogP contribution in [0, 0.1) is 12.7 Å². The van der Waals surface area contributed by atoms with Crippen LogP contribution in [0.5, 0.6) is 0 Å². The number of morpholine rings is 1. The molecule has 0 aromatic heterocycles. The maximum Gasteiger partial charge on any atom is 0.240 e. The molecule has 0 spiro atoms. The van der Waals surface area contributed by atoms with Crippen molar-refractivity contribution in [1.29, 1.82) is 0 Å². The molecule has 1 aliphatic heterocycles. The predicted octanol–water partition coefficient (Wildman–Crippen LogP) is 2.45. The van der Waals surface area contributed by atoms with Crippen molar-refractivity contribution < 1.29 is 17.5 Å². The van der Waals surface area contributed by atoms with Crippen LogP contribution < -0.4 is 9.62 Å². The average Bonchev–Trinajstić information content (AvgIpc) is 2.63. The Hall–Kier alpha value is -1.96. The Morgan fingerprint density at radius 3 is 2.44 bits per heavy atom. The largest absolute Gasteiger partial charge is 0.378 e. The zero-order valence-electron chi connectivity index (χ0n) is 14.0. The number of aryl methyl sites for hydroxylation is 1. The van der Waals surface area contributed by atoms with Crippen molar-refractivity contribution in [3.63, 3.8) is 0 Å². The molecule has 134 valence electrons. The van der Waals surface area contributed by atoms with E-state index in [4.69, 9.17) is 4.74 Å². The van der Waals surface area contributed by atoms with E-state index in [1.807, 2.05) is 24.3 Å². The molecule has 2 aromatic rings. The number of nitrogens with one attached hydrogen (secondary N) is 1. The third-order valence-corrected chi connectivity index (χ3v) is 5.62. The van der Waals surface area contributed by atoms with Crippen LogP contribution in [0.3, 0.4) is 0 Å². The summed E-state index contributed by atoms with van der Waals surface area (Å²) in [6.45, 7) is 4.88. The van der Waals surface area contributed by atoms with Crippen molar-refractivity contribution >= 4 is 15.7 Å². The quantitative estimate of drug-likeness (QED) is 0.885. The first kappa shape index (κ1) is 17.8. The van der Waals surface area contributed by atoms with E-state index in [0.29, 0.717) is 5.56 Å². The van der Waals surface area contributed by atoms with Crippen molar-refractivity contribution in [2.75, 3.05) is 31.2 Å². The molecule has 1 heterocycles. The van der Waals surface area contributed by atoms with E-state index >= 15 is 0 Å². The van der Waals surface area contributed by atoms with Crippen LogP contribution in [-0.4, -0.2) is 34.7 Å². The molecule has 1 aliphatic rings. The van der Waals surface area contributed by atoms with Crippen LogP contribution in [0.1, 0.15) is 11.1 Å². The number of anilines is 1. The van der Waals surface area contributed by atoms with Gasteiger partial charge >= 0.3 is 0 Å². The zero-order chi connectivity index (χ0) is 17.9. The number of hydrogen-bond donors (Lipinski definition) is 1.